The van der Waals surface area contributed by atoms with Gasteiger partial charge in [0.05, 0.1) is 0 Å². The molecule has 23 heavy (non-hydrogen) atoms. The normalized spacial score (nSPS) is 21.1. The van der Waals surface area contributed by atoms with Gasteiger partial charge in [0.1, 0.15) is 11.4 Å². The number of likely N-dealkylation sites (tertiary alicyclic amines) is 1. The Morgan fingerprint density at radius 1 is 1.22 bits per heavy atom. The van der Waals surface area contributed by atoms with Gasteiger partial charge < -0.3 is 14.7 Å². The molecule has 0 atom stereocenters. The lowest BCUT2D eigenvalue weighted by atomic mass is 9.56. The number of aromatic hydroxyl groups is 1. The van der Waals surface area contributed by atoms with Gasteiger partial charge in [0.15, 0.2) is 0 Å². The Morgan fingerprint density at radius 2 is 1.83 bits per heavy atom. The van der Waals surface area contributed by atoms with Crippen molar-refractivity contribution in [2.75, 3.05) is 13.1 Å². The van der Waals surface area contributed by atoms with Crippen molar-refractivity contribution in [1.29, 1.82) is 0 Å². The fraction of sp³-hybridized carbons (Fsp3) is 0.632. The summed E-state index contributed by atoms with van der Waals surface area (Å²) in [7, 11) is 0. The Kier molecular flexibility index (Phi) is 4.03. The predicted molar refractivity (Wildman–Crippen MR) is 89.6 cm³/mol. The van der Waals surface area contributed by atoms with Crippen molar-refractivity contribution in [3.8, 4) is 5.75 Å². The van der Waals surface area contributed by atoms with E-state index in [4.69, 9.17) is 4.74 Å². The number of piperidine rings is 1. The average Bonchev–Trinajstić information content (AvgIpc) is 2.44. The maximum atomic E-state index is 12.1. The molecule has 2 aliphatic rings. The van der Waals surface area contributed by atoms with Crippen LogP contribution >= 0.6 is 0 Å². The van der Waals surface area contributed by atoms with Crippen LogP contribution in [0, 0.1) is 5.41 Å². The zero-order valence-corrected chi connectivity index (χ0v) is 14.3. The van der Waals surface area contributed by atoms with Crippen LogP contribution in [0.15, 0.2) is 24.3 Å². The highest BCUT2D eigenvalue weighted by molar-refractivity contribution is 5.68. The number of para-hydroxylation sites is 1. The SMILES string of the molecule is CC(C)(C)OC(=O)N1CCC2(CC1)CC(c1ccccc1O)C2. The number of carbonyl (C=O) groups is 1. The molecule has 1 amide bonds. The molecule has 1 aliphatic carbocycles. The smallest absolute Gasteiger partial charge is 0.410 e. The first-order chi connectivity index (χ1) is 10.8. The zero-order chi connectivity index (χ0) is 16.7. The summed E-state index contributed by atoms with van der Waals surface area (Å²) in [5, 5.41) is 9.99. The van der Waals surface area contributed by atoms with Gasteiger partial charge in [0, 0.05) is 13.1 Å². The Labute approximate surface area is 138 Å². The molecule has 4 nitrogen and oxygen atoms in total. The van der Waals surface area contributed by atoms with Gasteiger partial charge in [-0.25, -0.2) is 4.79 Å². The van der Waals surface area contributed by atoms with Crippen LogP contribution in [-0.2, 0) is 4.74 Å². The van der Waals surface area contributed by atoms with Crippen molar-refractivity contribution in [2.45, 2.75) is 58.0 Å². The first kappa shape index (κ1) is 16.2. The minimum Gasteiger partial charge on any atom is -0.508 e. The van der Waals surface area contributed by atoms with Gasteiger partial charge >= 0.3 is 6.09 Å². The molecule has 4 heteroatoms. The molecule has 1 spiro atoms. The van der Waals surface area contributed by atoms with Crippen molar-refractivity contribution in [3.63, 3.8) is 0 Å². The molecule has 1 saturated carbocycles. The molecule has 0 aromatic heterocycles. The molecule has 1 aromatic carbocycles. The number of nitrogens with zero attached hydrogens (tertiary/aromatic N) is 1. The fourth-order valence-electron chi connectivity index (χ4n) is 3.94. The van der Waals surface area contributed by atoms with E-state index in [1.165, 1.54) is 0 Å². The third kappa shape index (κ3) is 3.46. The van der Waals surface area contributed by atoms with Crippen LogP contribution in [0.1, 0.15) is 57.9 Å². The van der Waals surface area contributed by atoms with Gasteiger partial charge in [-0.2, -0.15) is 0 Å². The molecule has 1 saturated heterocycles. The van der Waals surface area contributed by atoms with Crippen molar-refractivity contribution in [2.24, 2.45) is 5.41 Å². The highest BCUT2D eigenvalue weighted by Crippen LogP contribution is 2.57. The standard InChI is InChI=1S/C19H27NO3/c1-18(2,3)23-17(22)20-10-8-19(9-11-20)12-14(13-19)15-6-4-5-7-16(15)21/h4-7,14,21H,8-13H2,1-3H3. The highest BCUT2D eigenvalue weighted by atomic mass is 16.6. The van der Waals surface area contributed by atoms with Gasteiger partial charge in [0.25, 0.3) is 0 Å². The molecule has 0 radical (unpaired) electrons. The van der Waals surface area contributed by atoms with Crippen molar-refractivity contribution in [1.82, 2.24) is 4.90 Å². The van der Waals surface area contributed by atoms with Crippen LogP contribution < -0.4 is 0 Å². The van der Waals surface area contributed by atoms with Gasteiger partial charge in [-0.15, -0.1) is 0 Å². The second-order valence-corrected chi connectivity index (χ2v) is 8.13. The van der Waals surface area contributed by atoms with E-state index in [1.54, 1.807) is 6.07 Å². The third-order valence-electron chi connectivity index (χ3n) is 5.21. The molecule has 126 valence electrons. The second-order valence-electron chi connectivity index (χ2n) is 8.13. The van der Waals surface area contributed by atoms with Crippen LogP contribution in [0.2, 0.25) is 0 Å². The van der Waals surface area contributed by atoms with E-state index in [0.717, 1.165) is 44.3 Å². The first-order valence-corrected chi connectivity index (χ1v) is 8.54. The zero-order valence-electron chi connectivity index (χ0n) is 14.3. The van der Waals surface area contributed by atoms with Gasteiger partial charge in [-0.3, -0.25) is 0 Å². The maximum absolute atomic E-state index is 12.1. The van der Waals surface area contributed by atoms with Crippen LogP contribution in [-0.4, -0.2) is 34.8 Å². The molecule has 2 fully saturated rings. The molecule has 1 aliphatic heterocycles. The van der Waals surface area contributed by atoms with Crippen LogP contribution in [0.3, 0.4) is 0 Å². The Morgan fingerprint density at radius 3 is 2.39 bits per heavy atom. The highest BCUT2D eigenvalue weighted by Gasteiger charge is 2.47. The lowest BCUT2D eigenvalue weighted by Crippen LogP contribution is -2.49. The quantitative estimate of drug-likeness (QED) is 0.840. The minimum absolute atomic E-state index is 0.191. The van der Waals surface area contributed by atoms with E-state index >= 15 is 0 Å². The largest absolute Gasteiger partial charge is 0.508 e. The van der Waals surface area contributed by atoms with Crippen molar-refractivity contribution in [3.05, 3.63) is 29.8 Å². The topological polar surface area (TPSA) is 49.8 Å². The van der Waals surface area contributed by atoms with Gasteiger partial charge in [-0.1, -0.05) is 18.2 Å². The molecule has 1 heterocycles. The Balaban J connectivity index is 1.53. The number of rotatable bonds is 1. The summed E-state index contributed by atoms with van der Waals surface area (Å²) in [6, 6.07) is 7.66. The molecule has 1 N–H and O–H groups in total. The monoisotopic (exact) mass is 317 g/mol. The molecular formula is C19H27NO3. The van der Waals surface area contributed by atoms with Crippen LogP contribution in [0.25, 0.3) is 0 Å². The second kappa shape index (κ2) is 5.73. The fourth-order valence-corrected chi connectivity index (χ4v) is 3.94. The van der Waals surface area contributed by atoms with E-state index in [1.807, 2.05) is 43.9 Å². The Bertz CT molecular complexity index is 575. The van der Waals surface area contributed by atoms with E-state index in [-0.39, 0.29) is 6.09 Å². The van der Waals surface area contributed by atoms with E-state index in [9.17, 15) is 9.90 Å². The minimum atomic E-state index is -0.432. The Hall–Kier alpha value is -1.71. The summed E-state index contributed by atoms with van der Waals surface area (Å²) in [5.74, 6) is 0.878. The summed E-state index contributed by atoms with van der Waals surface area (Å²) < 4.78 is 5.46. The number of hydrogen-bond acceptors (Lipinski definition) is 3. The number of carbonyl (C=O) groups excluding carboxylic acids is 1. The van der Waals surface area contributed by atoms with Crippen molar-refractivity contribution < 1.29 is 14.6 Å². The van der Waals surface area contributed by atoms with Crippen LogP contribution in [0.5, 0.6) is 5.75 Å². The summed E-state index contributed by atoms with van der Waals surface area (Å²) in [6.07, 6.45) is 4.12. The molecule has 0 unspecified atom stereocenters. The first-order valence-electron chi connectivity index (χ1n) is 8.54. The number of phenols is 1. The molecule has 0 bridgehead atoms. The summed E-state index contributed by atoms with van der Waals surface area (Å²) in [6.45, 7) is 7.27. The van der Waals surface area contributed by atoms with E-state index in [2.05, 4.69) is 0 Å². The van der Waals surface area contributed by atoms with E-state index < -0.39 is 5.60 Å². The summed E-state index contributed by atoms with van der Waals surface area (Å²) in [4.78, 5) is 14.0. The van der Waals surface area contributed by atoms with Crippen molar-refractivity contribution >= 4 is 6.09 Å². The molecule has 3 rings (SSSR count). The maximum Gasteiger partial charge on any atom is 0.410 e. The number of hydrogen-bond donors (Lipinski definition) is 1. The number of ether oxygens (including phenoxy) is 1. The van der Waals surface area contributed by atoms with Crippen LogP contribution in [0.4, 0.5) is 4.79 Å². The van der Waals surface area contributed by atoms with Gasteiger partial charge in [-0.05, 0) is 69.4 Å². The average molecular weight is 317 g/mol. The predicted octanol–water partition coefficient (Wildman–Crippen LogP) is 4.29. The number of phenolic OH excluding ortho intramolecular Hbond substituents is 1. The lowest BCUT2D eigenvalue weighted by Gasteiger charge is -2.52. The van der Waals surface area contributed by atoms with Gasteiger partial charge in [0.2, 0.25) is 0 Å². The molecule has 1 aromatic rings. The summed E-state index contributed by atoms with van der Waals surface area (Å²) in [5.41, 5.74) is 0.997. The van der Waals surface area contributed by atoms with E-state index in [0.29, 0.717) is 17.1 Å². The summed E-state index contributed by atoms with van der Waals surface area (Å²) >= 11 is 0. The molecular weight excluding hydrogens is 290 g/mol. The third-order valence-corrected chi connectivity index (χ3v) is 5.21. The number of amides is 1. The number of benzene rings is 1. The lowest BCUT2D eigenvalue weighted by molar-refractivity contribution is -0.0123.